The Hall–Kier alpha value is -2.25. The highest BCUT2D eigenvalue weighted by molar-refractivity contribution is 6.48. The summed E-state index contributed by atoms with van der Waals surface area (Å²) in [5.41, 5.74) is 1.38. The number of rotatable bonds is 6. The number of amides is 2. The van der Waals surface area contributed by atoms with E-state index >= 15 is 0 Å². The maximum Gasteiger partial charge on any atom is 0.416 e. The lowest BCUT2D eigenvalue weighted by Gasteiger charge is -2.25. The zero-order valence-electron chi connectivity index (χ0n) is 19.4. The molecule has 0 heterocycles. The highest BCUT2D eigenvalue weighted by Crippen LogP contribution is 2.41. The number of nitrogens with zero attached hydrogens (tertiary/aromatic N) is 1. The molecule has 3 rings (SSSR count). The van der Waals surface area contributed by atoms with Crippen LogP contribution in [-0.2, 0) is 6.54 Å². The van der Waals surface area contributed by atoms with Crippen molar-refractivity contribution in [2.24, 2.45) is 0 Å². The molecule has 3 aromatic carbocycles. The molecule has 2 amide bonds. The Morgan fingerprint density at radius 3 is 2.20 bits per heavy atom. The van der Waals surface area contributed by atoms with E-state index in [-0.39, 0.29) is 31.1 Å². The van der Waals surface area contributed by atoms with Crippen molar-refractivity contribution in [3.8, 4) is 0 Å². The minimum Gasteiger partial charge on any atom is -0.302 e. The number of nitrogens with one attached hydrogen (secondary N) is 1. The van der Waals surface area contributed by atoms with Crippen molar-refractivity contribution in [3.63, 3.8) is 0 Å². The topological polar surface area (TPSA) is 29.1 Å². The summed E-state index contributed by atoms with van der Waals surface area (Å²) in [6.45, 7) is 2.87. The number of fused-ring (bicyclic) bond motifs is 1. The molecule has 0 aliphatic carbocycles. The Kier molecular flexibility index (Phi) is 8.43. The molecule has 0 saturated heterocycles. The first-order valence-corrected chi connectivity index (χ1v) is 12.0. The highest BCUT2D eigenvalue weighted by Gasteiger charge is 2.39. The number of halogens is 6. The monoisotopic (exact) mass is 543 g/mol. The molecule has 0 fully saturated rings. The van der Waals surface area contributed by atoms with E-state index in [1.165, 1.54) is 18.2 Å². The van der Waals surface area contributed by atoms with Crippen LogP contribution >= 0.6 is 34.8 Å². The van der Waals surface area contributed by atoms with Gasteiger partial charge < -0.3 is 5.32 Å². The molecule has 35 heavy (non-hydrogen) atoms. The molecule has 9 heteroatoms. The maximum absolute atomic E-state index is 13.9. The van der Waals surface area contributed by atoms with Gasteiger partial charge in [-0.1, -0.05) is 83.4 Å². The molecule has 1 unspecified atom stereocenters. The van der Waals surface area contributed by atoms with E-state index in [1.54, 1.807) is 6.07 Å². The second-order valence-electron chi connectivity index (χ2n) is 8.70. The van der Waals surface area contributed by atoms with Gasteiger partial charge in [0, 0.05) is 6.54 Å². The van der Waals surface area contributed by atoms with Gasteiger partial charge in [-0.2, -0.15) is 13.2 Å². The number of carbonyl (C=O) groups excluding carboxylic acids is 1. The molecule has 3 nitrogen and oxygen atoms in total. The van der Waals surface area contributed by atoms with Crippen molar-refractivity contribution in [1.82, 2.24) is 5.32 Å². The maximum atomic E-state index is 13.9. The van der Waals surface area contributed by atoms with Crippen LogP contribution in [0.3, 0.4) is 0 Å². The molecule has 0 aliphatic rings. The standard InChI is InChI=1S/C26H24Cl3F3N2O/c1-4-34(2,3)25(35)33-15-17-10-9-16(19-7-5-6-8-20(17)19)11-12-21(26(30,31)32)18-13-22(27)24(29)23(28)14-18/h5-14,21H,4,15H2,1-3H3/p+1. The fraction of sp³-hybridized carbons (Fsp3) is 0.269. The summed E-state index contributed by atoms with van der Waals surface area (Å²) in [6.07, 6.45) is -2.04. The number of urea groups is 1. The van der Waals surface area contributed by atoms with E-state index in [0.29, 0.717) is 18.7 Å². The van der Waals surface area contributed by atoms with E-state index < -0.39 is 12.1 Å². The first-order chi connectivity index (χ1) is 16.3. The van der Waals surface area contributed by atoms with Gasteiger partial charge in [-0.15, -0.1) is 0 Å². The zero-order chi connectivity index (χ0) is 26.0. The first kappa shape index (κ1) is 27.3. The molecule has 0 saturated carbocycles. The average Bonchev–Trinajstić information content (AvgIpc) is 2.80. The van der Waals surface area contributed by atoms with Crippen molar-refractivity contribution < 1.29 is 22.4 Å². The van der Waals surface area contributed by atoms with Crippen LogP contribution in [0.1, 0.15) is 29.5 Å². The number of hydrogen-bond acceptors (Lipinski definition) is 1. The molecule has 0 aliphatic heterocycles. The quantitative estimate of drug-likeness (QED) is 0.245. The van der Waals surface area contributed by atoms with Crippen LogP contribution in [0.25, 0.3) is 16.8 Å². The van der Waals surface area contributed by atoms with E-state index in [9.17, 15) is 18.0 Å². The number of hydrogen-bond donors (Lipinski definition) is 1. The SMILES string of the molecule is CC[N+](C)(C)C(=O)NCc1ccc(C=CC(c2cc(Cl)c(Cl)c(Cl)c2)C(F)(F)F)c2ccccc12. The summed E-state index contributed by atoms with van der Waals surface area (Å²) in [6, 6.07) is 13.2. The average molecular weight is 545 g/mol. The largest absolute Gasteiger partial charge is 0.416 e. The van der Waals surface area contributed by atoms with Crippen LogP contribution in [-0.4, -0.2) is 37.3 Å². The van der Waals surface area contributed by atoms with Crippen molar-refractivity contribution in [2.45, 2.75) is 25.6 Å². The summed E-state index contributed by atoms with van der Waals surface area (Å²) >= 11 is 17.9. The van der Waals surface area contributed by atoms with E-state index in [0.717, 1.165) is 22.4 Å². The van der Waals surface area contributed by atoms with Crippen molar-refractivity contribution in [1.29, 1.82) is 0 Å². The lowest BCUT2D eigenvalue weighted by molar-refractivity contribution is -0.807. The predicted molar refractivity (Wildman–Crippen MR) is 138 cm³/mol. The van der Waals surface area contributed by atoms with E-state index in [1.807, 2.05) is 51.4 Å². The Bertz CT molecular complexity index is 1250. The van der Waals surface area contributed by atoms with Gasteiger partial charge in [0.15, 0.2) is 0 Å². The zero-order valence-corrected chi connectivity index (χ0v) is 21.7. The minimum atomic E-state index is -4.57. The molecule has 0 radical (unpaired) electrons. The van der Waals surface area contributed by atoms with Gasteiger partial charge in [-0.3, -0.25) is 0 Å². The molecule has 186 valence electrons. The second kappa shape index (κ2) is 10.8. The van der Waals surface area contributed by atoms with Gasteiger partial charge in [0.05, 0.1) is 41.6 Å². The third-order valence-corrected chi connectivity index (χ3v) is 7.20. The number of alkyl halides is 3. The lowest BCUT2D eigenvalue weighted by Crippen LogP contribution is -2.50. The van der Waals surface area contributed by atoms with Gasteiger partial charge in [0.1, 0.15) is 0 Å². The van der Waals surface area contributed by atoms with Crippen LogP contribution in [0.2, 0.25) is 15.1 Å². The van der Waals surface area contributed by atoms with E-state index in [2.05, 4.69) is 5.32 Å². The van der Waals surface area contributed by atoms with Gasteiger partial charge in [0.25, 0.3) is 0 Å². The number of carbonyl (C=O) groups is 1. The fourth-order valence-corrected chi connectivity index (χ4v) is 4.19. The molecule has 1 atom stereocenters. The van der Waals surface area contributed by atoms with Crippen LogP contribution < -0.4 is 5.32 Å². The Balaban J connectivity index is 1.97. The molecular weight excluding hydrogens is 520 g/mol. The molecule has 1 N–H and O–H groups in total. The molecule has 0 aromatic heterocycles. The first-order valence-electron chi connectivity index (χ1n) is 10.9. The highest BCUT2D eigenvalue weighted by atomic mass is 35.5. The summed E-state index contributed by atoms with van der Waals surface area (Å²) in [4.78, 5) is 12.5. The van der Waals surface area contributed by atoms with Crippen LogP contribution in [0.4, 0.5) is 18.0 Å². The number of benzene rings is 3. The molecular formula is C26H25Cl3F3N2O+. The Labute approximate surface area is 217 Å². The minimum absolute atomic E-state index is 0.0109. The molecule has 0 spiro atoms. The summed E-state index contributed by atoms with van der Waals surface area (Å²) in [5.74, 6) is -1.93. The number of allylic oxidation sites excluding steroid dienone is 1. The van der Waals surface area contributed by atoms with Crippen molar-refractivity contribution in [3.05, 3.63) is 86.4 Å². The Morgan fingerprint density at radius 2 is 1.63 bits per heavy atom. The predicted octanol–water partition coefficient (Wildman–Crippen LogP) is 8.47. The second-order valence-corrected chi connectivity index (χ2v) is 9.89. The van der Waals surface area contributed by atoms with Gasteiger partial charge in [0.2, 0.25) is 0 Å². The van der Waals surface area contributed by atoms with Crippen LogP contribution in [0, 0.1) is 0 Å². The van der Waals surface area contributed by atoms with Gasteiger partial charge >= 0.3 is 12.2 Å². The van der Waals surface area contributed by atoms with Crippen molar-refractivity contribution >= 4 is 57.7 Å². The van der Waals surface area contributed by atoms with Crippen LogP contribution in [0.15, 0.2) is 54.6 Å². The fourth-order valence-electron chi connectivity index (χ4n) is 3.58. The Morgan fingerprint density at radius 1 is 1.03 bits per heavy atom. The van der Waals surface area contributed by atoms with E-state index in [4.69, 9.17) is 34.8 Å². The van der Waals surface area contributed by atoms with Gasteiger partial charge in [-0.05, 0) is 46.5 Å². The van der Waals surface area contributed by atoms with Crippen molar-refractivity contribution in [2.75, 3.05) is 20.6 Å². The third-order valence-electron chi connectivity index (χ3n) is 6.00. The molecule has 3 aromatic rings. The number of quaternary nitrogens is 1. The smallest absolute Gasteiger partial charge is 0.302 e. The summed E-state index contributed by atoms with van der Waals surface area (Å²) in [7, 11) is 3.64. The summed E-state index contributed by atoms with van der Waals surface area (Å²) < 4.78 is 42.0. The normalized spacial score (nSPS) is 13.4. The van der Waals surface area contributed by atoms with Gasteiger partial charge in [-0.25, -0.2) is 9.28 Å². The molecule has 0 bridgehead atoms. The summed E-state index contributed by atoms with van der Waals surface area (Å²) in [5, 5.41) is 4.48. The lowest BCUT2D eigenvalue weighted by atomic mass is 9.95. The van der Waals surface area contributed by atoms with Crippen LogP contribution in [0.5, 0.6) is 0 Å². The third kappa shape index (κ3) is 6.31.